The molecule has 0 aliphatic carbocycles. The first-order valence-corrected chi connectivity index (χ1v) is 6.19. The third-order valence-corrected chi connectivity index (χ3v) is 2.99. The maximum Gasteiger partial charge on any atom is 0.305 e. The van der Waals surface area contributed by atoms with E-state index in [0.29, 0.717) is 12.2 Å². The number of aromatic nitrogens is 1. The summed E-state index contributed by atoms with van der Waals surface area (Å²) >= 11 is 0. The molecule has 5 heteroatoms. The molecule has 1 heterocycles. The van der Waals surface area contributed by atoms with E-state index >= 15 is 0 Å². The minimum atomic E-state index is -0.889. The predicted molar refractivity (Wildman–Crippen MR) is 68.5 cm³/mol. The largest absolute Gasteiger partial charge is 0.481 e. The lowest BCUT2D eigenvalue weighted by Crippen LogP contribution is -2.40. The fourth-order valence-electron chi connectivity index (χ4n) is 2.05. The Kier molecular flexibility index (Phi) is 4.95. The number of aliphatic carboxylic acids is 1. The van der Waals surface area contributed by atoms with Gasteiger partial charge in [-0.2, -0.15) is 0 Å². The first kappa shape index (κ1) is 14.3. The molecule has 5 nitrogen and oxygen atoms in total. The highest BCUT2D eigenvalue weighted by Gasteiger charge is 2.23. The first-order chi connectivity index (χ1) is 8.51. The molecule has 1 aromatic rings. The van der Waals surface area contributed by atoms with Gasteiger partial charge in [0.05, 0.1) is 6.42 Å². The Balaban J connectivity index is 2.88. The topological polar surface area (TPSA) is 62.5 Å². The molecule has 1 atom stereocenters. The Hall–Kier alpha value is -1.78. The van der Waals surface area contributed by atoms with Crippen molar-refractivity contribution in [1.29, 1.82) is 0 Å². The Morgan fingerprint density at radius 1 is 1.44 bits per heavy atom. The third kappa shape index (κ3) is 3.12. The van der Waals surface area contributed by atoms with Gasteiger partial charge in [-0.15, -0.1) is 0 Å². The molecule has 1 amide bonds. The van der Waals surface area contributed by atoms with E-state index in [1.165, 1.54) is 0 Å². The molecule has 0 fully saturated rings. The molecule has 0 saturated carbocycles. The minimum absolute atomic E-state index is 0.0353. The molecular weight excluding hydrogens is 232 g/mol. The van der Waals surface area contributed by atoms with Crippen molar-refractivity contribution >= 4 is 11.9 Å². The van der Waals surface area contributed by atoms with Crippen LogP contribution in [0.2, 0.25) is 0 Å². The van der Waals surface area contributed by atoms with Crippen LogP contribution in [0.15, 0.2) is 18.3 Å². The Morgan fingerprint density at radius 3 is 2.61 bits per heavy atom. The third-order valence-electron chi connectivity index (χ3n) is 2.99. The van der Waals surface area contributed by atoms with E-state index in [1.54, 1.807) is 17.9 Å². The molecule has 1 rings (SSSR count). The second-order valence-corrected chi connectivity index (χ2v) is 4.22. The lowest BCUT2D eigenvalue weighted by atomic mass is 10.2. The van der Waals surface area contributed by atoms with Crippen LogP contribution in [-0.2, 0) is 11.3 Å². The van der Waals surface area contributed by atoms with Crippen LogP contribution in [0.4, 0.5) is 0 Å². The Morgan fingerprint density at radius 2 is 2.11 bits per heavy atom. The van der Waals surface area contributed by atoms with Gasteiger partial charge in [0.25, 0.3) is 5.91 Å². The zero-order chi connectivity index (χ0) is 13.7. The summed E-state index contributed by atoms with van der Waals surface area (Å²) in [6.45, 7) is 6.80. The number of rotatable bonds is 6. The lowest BCUT2D eigenvalue weighted by Gasteiger charge is -2.27. The molecular formula is C13H20N2O3. The monoisotopic (exact) mass is 252 g/mol. The van der Waals surface area contributed by atoms with Gasteiger partial charge in [-0.1, -0.05) is 0 Å². The molecule has 18 heavy (non-hydrogen) atoms. The summed E-state index contributed by atoms with van der Waals surface area (Å²) in [5, 5.41) is 8.80. The number of hydrogen-bond donors (Lipinski definition) is 1. The van der Waals surface area contributed by atoms with Gasteiger partial charge in [0.2, 0.25) is 0 Å². The number of carboxylic acid groups (broad SMARTS) is 1. The van der Waals surface area contributed by atoms with Crippen LogP contribution in [0.25, 0.3) is 0 Å². The molecule has 0 saturated heterocycles. The fourth-order valence-corrected chi connectivity index (χ4v) is 2.05. The van der Waals surface area contributed by atoms with Crippen molar-refractivity contribution in [2.24, 2.45) is 0 Å². The van der Waals surface area contributed by atoms with Gasteiger partial charge < -0.3 is 14.6 Å². The van der Waals surface area contributed by atoms with Crippen molar-refractivity contribution < 1.29 is 14.7 Å². The molecule has 1 N–H and O–H groups in total. The van der Waals surface area contributed by atoms with E-state index in [4.69, 9.17) is 5.11 Å². The smallest absolute Gasteiger partial charge is 0.305 e. The molecule has 0 aromatic carbocycles. The van der Waals surface area contributed by atoms with E-state index in [-0.39, 0.29) is 18.4 Å². The summed E-state index contributed by atoms with van der Waals surface area (Å²) in [6, 6.07) is 3.29. The number of carbonyl (C=O) groups is 2. The van der Waals surface area contributed by atoms with Crippen molar-refractivity contribution in [2.45, 2.75) is 39.8 Å². The first-order valence-electron chi connectivity index (χ1n) is 6.19. The van der Waals surface area contributed by atoms with Crippen LogP contribution in [-0.4, -0.2) is 39.0 Å². The summed E-state index contributed by atoms with van der Waals surface area (Å²) in [7, 11) is 0. The Bertz CT molecular complexity index is 426. The molecule has 0 bridgehead atoms. The number of amides is 1. The average molecular weight is 252 g/mol. The SMILES string of the molecule is CCN(C(=O)c1cccn1CC)C(C)CC(=O)O. The van der Waals surface area contributed by atoms with Gasteiger partial charge in [-0.05, 0) is 32.9 Å². The van der Waals surface area contributed by atoms with E-state index < -0.39 is 5.97 Å². The van der Waals surface area contributed by atoms with Crippen LogP contribution in [0.1, 0.15) is 37.7 Å². The number of carbonyl (C=O) groups excluding carboxylic acids is 1. The van der Waals surface area contributed by atoms with Crippen molar-refractivity contribution in [3.63, 3.8) is 0 Å². The molecule has 0 spiro atoms. The molecule has 0 radical (unpaired) electrons. The maximum absolute atomic E-state index is 12.4. The number of aryl methyl sites for hydroxylation is 1. The van der Waals surface area contributed by atoms with Gasteiger partial charge in [0, 0.05) is 25.3 Å². The minimum Gasteiger partial charge on any atom is -0.481 e. The highest BCUT2D eigenvalue weighted by atomic mass is 16.4. The zero-order valence-corrected chi connectivity index (χ0v) is 11.1. The maximum atomic E-state index is 12.4. The highest BCUT2D eigenvalue weighted by molar-refractivity contribution is 5.93. The van der Waals surface area contributed by atoms with Crippen molar-refractivity contribution in [3.05, 3.63) is 24.0 Å². The van der Waals surface area contributed by atoms with Gasteiger partial charge in [0.1, 0.15) is 5.69 Å². The van der Waals surface area contributed by atoms with Crippen molar-refractivity contribution in [1.82, 2.24) is 9.47 Å². The Labute approximate surface area is 107 Å². The fraction of sp³-hybridized carbons (Fsp3) is 0.538. The summed E-state index contributed by atoms with van der Waals surface area (Å²) < 4.78 is 1.86. The average Bonchev–Trinajstić information content (AvgIpc) is 2.76. The molecule has 100 valence electrons. The van der Waals surface area contributed by atoms with E-state index in [2.05, 4.69) is 0 Å². The normalized spacial score (nSPS) is 12.2. The van der Waals surface area contributed by atoms with Crippen LogP contribution in [0, 0.1) is 0 Å². The molecule has 0 aliphatic heterocycles. The number of carboxylic acids is 1. The lowest BCUT2D eigenvalue weighted by molar-refractivity contribution is -0.138. The molecule has 0 aliphatic rings. The summed E-state index contributed by atoms with van der Waals surface area (Å²) in [4.78, 5) is 24.7. The van der Waals surface area contributed by atoms with Gasteiger partial charge in [-0.3, -0.25) is 9.59 Å². The number of nitrogens with zero attached hydrogens (tertiary/aromatic N) is 2. The van der Waals surface area contributed by atoms with Crippen molar-refractivity contribution in [2.75, 3.05) is 6.54 Å². The number of hydrogen-bond acceptors (Lipinski definition) is 2. The van der Waals surface area contributed by atoms with E-state index in [0.717, 1.165) is 6.54 Å². The van der Waals surface area contributed by atoms with Crippen molar-refractivity contribution in [3.8, 4) is 0 Å². The molecule has 1 unspecified atom stereocenters. The van der Waals surface area contributed by atoms with Crippen LogP contribution < -0.4 is 0 Å². The summed E-state index contributed by atoms with van der Waals surface area (Å²) in [5.41, 5.74) is 0.608. The van der Waals surface area contributed by atoms with Gasteiger partial charge >= 0.3 is 5.97 Å². The van der Waals surface area contributed by atoms with Gasteiger partial charge in [0.15, 0.2) is 0 Å². The second kappa shape index (κ2) is 6.23. The van der Waals surface area contributed by atoms with Crippen LogP contribution in [0.5, 0.6) is 0 Å². The highest BCUT2D eigenvalue weighted by Crippen LogP contribution is 2.12. The summed E-state index contributed by atoms with van der Waals surface area (Å²) in [6.07, 6.45) is 1.81. The standard InChI is InChI=1S/C13H20N2O3/c1-4-14-8-6-7-11(14)13(18)15(5-2)10(3)9-12(16)17/h6-8,10H,4-5,9H2,1-3H3,(H,16,17). The van der Waals surface area contributed by atoms with E-state index in [1.807, 2.05) is 30.7 Å². The summed E-state index contributed by atoms with van der Waals surface area (Å²) in [5.74, 6) is -1.00. The second-order valence-electron chi connectivity index (χ2n) is 4.22. The van der Waals surface area contributed by atoms with E-state index in [9.17, 15) is 9.59 Å². The zero-order valence-electron chi connectivity index (χ0n) is 11.1. The van der Waals surface area contributed by atoms with Crippen LogP contribution in [0.3, 0.4) is 0 Å². The predicted octanol–water partition coefficient (Wildman–Crippen LogP) is 1.83. The van der Waals surface area contributed by atoms with Crippen LogP contribution >= 0.6 is 0 Å². The quantitative estimate of drug-likeness (QED) is 0.840. The van der Waals surface area contributed by atoms with Gasteiger partial charge in [-0.25, -0.2) is 0 Å². The molecule has 1 aromatic heterocycles.